The second kappa shape index (κ2) is 4.99. The minimum atomic E-state index is -3.58. The van der Waals surface area contributed by atoms with E-state index in [-0.39, 0.29) is 24.0 Å². The maximum Gasteiger partial charge on any atom is 0.227 e. The van der Waals surface area contributed by atoms with Gasteiger partial charge in [-0.3, -0.25) is 4.79 Å². The van der Waals surface area contributed by atoms with E-state index in [1.54, 1.807) is 24.3 Å². The molecule has 1 aromatic carbocycles. The van der Waals surface area contributed by atoms with Crippen molar-refractivity contribution in [2.75, 3.05) is 17.2 Å². The van der Waals surface area contributed by atoms with Crippen molar-refractivity contribution in [2.45, 2.75) is 6.42 Å². The highest BCUT2D eigenvalue weighted by Crippen LogP contribution is 2.26. The van der Waals surface area contributed by atoms with Crippen molar-refractivity contribution in [2.24, 2.45) is 11.1 Å². The Kier molecular flexibility index (Phi) is 3.55. The predicted molar refractivity (Wildman–Crippen MR) is 69.6 cm³/mol. The Morgan fingerprint density at radius 3 is 2.84 bits per heavy atom. The van der Waals surface area contributed by atoms with Crippen LogP contribution in [0.15, 0.2) is 24.3 Å². The highest BCUT2D eigenvalue weighted by Gasteiger charge is 2.32. The molecule has 0 bridgehead atoms. The number of hydrogen-bond donors (Lipinski definition) is 1. The smallest absolute Gasteiger partial charge is 0.227 e. The lowest BCUT2D eigenvalue weighted by Crippen LogP contribution is -2.27. The Hall–Kier alpha value is -1.91. The highest BCUT2D eigenvalue weighted by molar-refractivity contribution is 7.89. The standard InChI is InChI=1S/C12H13N3O3S/c13-6-9-2-1-3-11(4-9)15-7-10(5-12(15)16)8-19(14,17)18/h1-4,10H,5,7-8H2,(H2,14,17,18). The first kappa shape index (κ1) is 13.5. The third-order valence-corrected chi connectivity index (χ3v) is 3.90. The second-order valence-corrected chi connectivity index (χ2v) is 6.23. The van der Waals surface area contributed by atoms with Crippen molar-refractivity contribution in [3.05, 3.63) is 29.8 Å². The van der Waals surface area contributed by atoms with Crippen molar-refractivity contribution in [3.63, 3.8) is 0 Å². The van der Waals surface area contributed by atoms with E-state index in [9.17, 15) is 13.2 Å². The zero-order valence-electron chi connectivity index (χ0n) is 10.1. The van der Waals surface area contributed by atoms with E-state index < -0.39 is 10.0 Å². The van der Waals surface area contributed by atoms with Crippen molar-refractivity contribution in [1.29, 1.82) is 5.26 Å². The summed E-state index contributed by atoms with van der Waals surface area (Å²) >= 11 is 0. The summed E-state index contributed by atoms with van der Waals surface area (Å²) in [4.78, 5) is 13.4. The molecule has 2 N–H and O–H groups in total. The van der Waals surface area contributed by atoms with Gasteiger partial charge in [-0.25, -0.2) is 13.6 Å². The number of anilines is 1. The number of nitriles is 1. The Balaban J connectivity index is 2.18. The first-order valence-electron chi connectivity index (χ1n) is 5.70. The molecule has 19 heavy (non-hydrogen) atoms. The Morgan fingerprint density at radius 1 is 1.47 bits per heavy atom. The lowest BCUT2D eigenvalue weighted by molar-refractivity contribution is -0.117. The van der Waals surface area contributed by atoms with Gasteiger partial charge in [-0.05, 0) is 18.2 Å². The molecule has 1 amide bonds. The number of amides is 1. The molecule has 1 fully saturated rings. The molecular formula is C12H13N3O3S. The number of nitrogens with two attached hydrogens (primary N) is 1. The highest BCUT2D eigenvalue weighted by atomic mass is 32.2. The second-order valence-electron chi connectivity index (χ2n) is 4.57. The van der Waals surface area contributed by atoms with Crippen molar-refractivity contribution >= 4 is 21.6 Å². The first-order valence-corrected chi connectivity index (χ1v) is 7.41. The molecule has 1 aliphatic heterocycles. The zero-order chi connectivity index (χ0) is 14.0. The molecule has 100 valence electrons. The number of carbonyl (C=O) groups excluding carboxylic acids is 1. The van der Waals surface area contributed by atoms with Gasteiger partial charge >= 0.3 is 0 Å². The third-order valence-electron chi connectivity index (χ3n) is 2.96. The molecule has 1 unspecified atom stereocenters. The van der Waals surface area contributed by atoms with E-state index in [0.29, 0.717) is 17.8 Å². The summed E-state index contributed by atoms with van der Waals surface area (Å²) in [7, 11) is -3.58. The van der Waals surface area contributed by atoms with Gasteiger partial charge in [-0.15, -0.1) is 0 Å². The van der Waals surface area contributed by atoms with E-state index >= 15 is 0 Å². The van der Waals surface area contributed by atoms with Gasteiger partial charge in [0.05, 0.1) is 17.4 Å². The van der Waals surface area contributed by atoms with Crippen LogP contribution in [0.3, 0.4) is 0 Å². The van der Waals surface area contributed by atoms with Crippen molar-refractivity contribution in [3.8, 4) is 6.07 Å². The van der Waals surface area contributed by atoms with Crippen molar-refractivity contribution in [1.82, 2.24) is 0 Å². The number of benzene rings is 1. The average Bonchev–Trinajstić information content (AvgIpc) is 2.68. The van der Waals surface area contributed by atoms with Gasteiger partial charge in [-0.2, -0.15) is 5.26 Å². The minimum Gasteiger partial charge on any atom is -0.312 e. The number of sulfonamides is 1. The van der Waals surface area contributed by atoms with Gasteiger partial charge in [0, 0.05) is 24.6 Å². The number of nitrogens with zero attached hydrogens (tertiary/aromatic N) is 2. The SMILES string of the molecule is N#Cc1cccc(N2CC(CS(N)(=O)=O)CC2=O)c1. The van der Waals surface area contributed by atoms with Crippen LogP contribution in [0.2, 0.25) is 0 Å². The maximum atomic E-state index is 11.9. The fraction of sp³-hybridized carbons (Fsp3) is 0.333. The number of carbonyl (C=O) groups is 1. The molecule has 0 radical (unpaired) electrons. The molecule has 0 aliphatic carbocycles. The zero-order valence-corrected chi connectivity index (χ0v) is 10.9. The maximum absolute atomic E-state index is 11.9. The summed E-state index contributed by atoms with van der Waals surface area (Å²) in [5.41, 5.74) is 1.07. The van der Waals surface area contributed by atoms with Crippen LogP contribution in [-0.4, -0.2) is 26.6 Å². The largest absolute Gasteiger partial charge is 0.312 e. The number of primary sulfonamides is 1. The molecule has 1 saturated heterocycles. The predicted octanol–water partition coefficient (Wildman–Crippen LogP) is 0.200. The molecule has 6 nitrogen and oxygen atoms in total. The van der Waals surface area contributed by atoms with Gasteiger partial charge in [0.15, 0.2) is 0 Å². The molecule has 1 aromatic rings. The van der Waals surface area contributed by atoms with E-state index in [0.717, 1.165) is 0 Å². The molecule has 7 heteroatoms. The van der Waals surface area contributed by atoms with Gasteiger partial charge < -0.3 is 4.90 Å². The number of rotatable bonds is 3. The molecular weight excluding hydrogens is 266 g/mol. The molecule has 1 aliphatic rings. The average molecular weight is 279 g/mol. The topological polar surface area (TPSA) is 104 Å². The van der Waals surface area contributed by atoms with E-state index in [4.69, 9.17) is 10.4 Å². The van der Waals surface area contributed by atoms with Crippen LogP contribution >= 0.6 is 0 Å². The lowest BCUT2D eigenvalue weighted by atomic mass is 10.1. The van der Waals surface area contributed by atoms with Gasteiger partial charge in [0.25, 0.3) is 0 Å². The van der Waals surface area contributed by atoms with E-state index in [2.05, 4.69) is 0 Å². The molecule has 1 heterocycles. The van der Waals surface area contributed by atoms with Crippen LogP contribution in [-0.2, 0) is 14.8 Å². The van der Waals surface area contributed by atoms with Crippen LogP contribution in [0, 0.1) is 17.2 Å². The monoisotopic (exact) mass is 279 g/mol. The summed E-state index contributed by atoms with van der Waals surface area (Å²) in [6.45, 7) is 0.310. The van der Waals surface area contributed by atoms with Crippen molar-refractivity contribution < 1.29 is 13.2 Å². The normalized spacial score (nSPS) is 19.5. The Bertz CT molecular complexity index is 648. The number of hydrogen-bond acceptors (Lipinski definition) is 4. The molecule has 0 saturated carbocycles. The molecule has 0 aromatic heterocycles. The summed E-state index contributed by atoms with van der Waals surface area (Å²) < 4.78 is 22.1. The van der Waals surface area contributed by atoms with Crippen LogP contribution in [0.1, 0.15) is 12.0 Å². The van der Waals surface area contributed by atoms with Crippen LogP contribution < -0.4 is 10.0 Å². The van der Waals surface area contributed by atoms with Crippen LogP contribution in [0.25, 0.3) is 0 Å². The summed E-state index contributed by atoms with van der Waals surface area (Å²) in [6, 6.07) is 8.66. The van der Waals surface area contributed by atoms with Gasteiger partial charge in [0.1, 0.15) is 0 Å². The molecule has 0 spiro atoms. The summed E-state index contributed by atoms with van der Waals surface area (Å²) in [5.74, 6) is -0.648. The minimum absolute atomic E-state index is 0.149. The fourth-order valence-electron chi connectivity index (χ4n) is 2.21. The molecule has 1 atom stereocenters. The summed E-state index contributed by atoms with van der Waals surface area (Å²) in [5, 5.41) is 13.8. The van der Waals surface area contributed by atoms with Gasteiger partial charge in [0.2, 0.25) is 15.9 Å². The fourth-order valence-corrected chi connectivity index (χ4v) is 3.09. The first-order chi connectivity index (χ1) is 8.89. The Morgan fingerprint density at radius 2 is 2.21 bits per heavy atom. The van der Waals surface area contributed by atoms with Crippen LogP contribution in [0.5, 0.6) is 0 Å². The molecule has 2 rings (SSSR count). The van der Waals surface area contributed by atoms with E-state index in [1.165, 1.54) is 4.90 Å². The van der Waals surface area contributed by atoms with Gasteiger partial charge in [-0.1, -0.05) is 6.07 Å². The van der Waals surface area contributed by atoms with Crippen LogP contribution in [0.4, 0.5) is 5.69 Å². The Labute approximate surface area is 111 Å². The van der Waals surface area contributed by atoms with E-state index in [1.807, 2.05) is 6.07 Å². The third kappa shape index (κ3) is 3.30. The lowest BCUT2D eigenvalue weighted by Gasteiger charge is -2.16. The summed E-state index contributed by atoms with van der Waals surface area (Å²) in [6.07, 6.45) is 0.160. The quantitative estimate of drug-likeness (QED) is 0.853.